The third kappa shape index (κ3) is 2.42. The average molecular weight is 334 g/mol. The lowest BCUT2D eigenvalue weighted by atomic mass is 9.96. The maximum Gasteiger partial charge on any atom is 0.136 e. The minimum Gasteiger partial charge on any atom is -0.352 e. The number of piperidine rings is 1. The summed E-state index contributed by atoms with van der Waals surface area (Å²) in [5.74, 6) is 1.07. The van der Waals surface area contributed by atoms with E-state index in [0.717, 1.165) is 23.3 Å². The van der Waals surface area contributed by atoms with E-state index in [0.29, 0.717) is 6.04 Å². The third-order valence-electron chi connectivity index (χ3n) is 4.16. The number of rotatable bonds is 2. The van der Waals surface area contributed by atoms with Gasteiger partial charge in [0, 0.05) is 40.1 Å². The second-order valence-electron chi connectivity index (χ2n) is 5.59. The number of nitrogens with zero attached hydrogens (tertiary/aromatic N) is 2. The highest BCUT2D eigenvalue weighted by atomic mass is 79.9. The molecule has 1 saturated heterocycles. The van der Waals surface area contributed by atoms with Gasteiger partial charge in [-0.15, -0.1) is 0 Å². The van der Waals surface area contributed by atoms with E-state index in [4.69, 9.17) is 5.73 Å². The molecule has 0 amide bonds. The van der Waals surface area contributed by atoms with Crippen LogP contribution in [-0.2, 0) is 0 Å². The maximum atomic E-state index is 6.19. The number of anilines is 1. The zero-order valence-corrected chi connectivity index (χ0v) is 13.3. The van der Waals surface area contributed by atoms with Gasteiger partial charge < -0.3 is 10.6 Å². The Bertz CT molecular complexity index is 612. The Morgan fingerprint density at radius 1 is 1.30 bits per heavy atom. The lowest BCUT2D eigenvalue weighted by Gasteiger charge is -2.39. The third-order valence-corrected chi connectivity index (χ3v) is 4.85. The van der Waals surface area contributed by atoms with Gasteiger partial charge in [-0.1, -0.05) is 28.1 Å². The van der Waals surface area contributed by atoms with Crippen molar-refractivity contribution in [1.82, 2.24) is 4.98 Å². The molecule has 2 atom stereocenters. The zero-order chi connectivity index (χ0) is 14.1. The Kier molecular flexibility index (Phi) is 3.94. The molecule has 1 aliphatic heterocycles. The van der Waals surface area contributed by atoms with Crippen molar-refractivity contribution in [3.05, 3.63) is 34.9 Å². The van der Waals surface area contributed by atoms with E-state index in [1.807, 2.05) is 6.20 Å². The van der Waals surface area contributed by atoms with Gasteiger partial charge in [0.15, 0.2) is 0 Å². The molecule has 1 aromatic carbocycles. The van der Waals surface area contributed by atoms with Crippen molar-refractivity contribution in [2.75, 3.05) is 11.4 Å². The fraction of sp³-hybridized carbons (Fsp3) is 0.438. The van der Waals surface area contributed by atoms with Crippen LogP contribution in [0.15, 0.2) is 34.9 Å². The molecule has 3 nitrogen and oxygen atoms in total. The van der Waals surface area contributed by atoms with Crippen LogP contribution in [0.3, 0.4) is 0 Å². The minimum absolute atomic E-state index is 0.166. The molecular formula is C16H20BrN3. The molecule has 0 radical (unpaired) electrons. The van der Waals surface area contributed by atoms with Crippen LogP contribution in [0.4, 0.5) is 5.82 Å². The van der Waals surface area contributed by atoms with Crippen molar-refractivity contribution < 1.29 is 0 Å². The average Bonchev–Trinajstić information content (AvgIpc) is 2.47. The van der Waals surface area contributed by atoms with Gasteiger partial charge in [0.05, 0.1) is 0 Å². The molecule has 106 valence electrons. The largest absolute Gasteiger partial charge is 0.352 e. The topological polar surface area (TPSA) is 42.1 Å². The van der Waals surface area contributed by atoms with Crippen LogP contribution in [0, 0.1) is 0 Å². The molecule has 2 N–H and O–H groups in total. The molecule has 2 unspecified atom stereocenters. The predicted octanol–water partition coefficient (Wildman–Crippen LogP) is 3.70. The quantitative estimate of drug-likeness (QED) is 0.910. The van der Waals surface area contributed by atoms with Crippen molar-refractivity contribution in [3.63, 3.8) is 0 Å². The summed E-state index contributed by atoms with van der Waals surface area (Å²) in [7, 11) is 0. The summed E-state index contributed by atoms with van der Waals surface area (Å²) >= 11 is 3.63. The number of pyridine rings is 1. The Hall–Kier alpha value is -1.13. The highest BCUT2D eigenvalue weighted by Gasteiger charge is 2.27. The molecule has 0 saturated carbocycles. The number of hydrogen-bond acceptors (Lipinski definition) is 3. The van der Waals surface area contributed by atoms with Crippen molar-refractivity contribution in [3.8, 4) is 0 Å². The first-order valence-electron chi connectivity index (χ1n) is 7.24. The molecule has 0 spiro atoms. The Morgan fingerprint density at radius 2 is 2.15 bits per heavy atom. The monoisotopic (exact) mass is 333 g/mol. The van der Waals surface area contributed by atoms with Crippen molar-refractivity contribution >= 4 is 32.5 Å². The van der Waals surface area contributed by atoms with Crippen LogP contribution in [0.1, 0.15) is 26.2 Å². The fourth-order valence-electron chi connectivity index (χ4n) is 3.15. The van der Waals surface area contributed by atoms with E-state index in [1.54, 1.807) is 0 Å². The summed E-state index contributed by atoms with van der Waals surface area (Å²) < 4.78 is 1.12. The Morgan fingerprint density at radius 3 is 2.95 bits per heavy atom. The lowest BCUT2D eigenvalue weighted by Crippen LogP contribution is -2.49. The number of nitrogens with two attached hydrogens (primary N) is 1. The molecule has 0 bridgehead atoms. The number of aromatic nitrogens is 1. The summed E-state index contributed by atoms with van der Waals surface area (Å²) in [5.41, 5.74) is 6.19. The van der Waals surface area contributed by atoms with E-state index in [1.165, 1.54) is 23.6 Å². The summed E-state index contributed by atoms with van der Waals surface area (Å²) in [6, 6.07) is 8.91. The SMILES string of the molecule is CC(N)C1CCCCN1c1nccc2c(Br)cccc12. The number of benzene rings is 1. The summed E-state index contributed by atoms with van der Waals surface area (Å²) in [6.07, 6.45) is 5.53. The molecule has 3 rings (SSSR count). The zero-order valence-electron chi connectivity index (χ0n) is 11.7. The molecule has 2 aromatic rings. The van der Waals surface area contributed by atoms with Crippen molar-refractivity contribution in [2.24, 2.45) is 5.73 Å². The van der Waals surface area contributed by atoms with Gasteiger partial charge in [0.25, 0.3) is 0 Å². The van der Waals surface area contributed by atoms with E-state index in [9.17, 15) is 0 Å². The summed E-state index contributed by atoms with van der Waals surface area (Å²) in [4.78, 5) is 7.06. The number of hydrogen-bond donors (Lipinski definition) is 1. The first-order valence-corrected chi connectivity index (χ1v) is 8.03. The summed E-state index contributed by atoms with van der Waals surface area (Å²) in [6.45, 7) is 3.15. The molecule has 2 heterocycles. The van der Waals surface area contributed by atoms with Gasteiger partial charge >= 0.3 is 0 Å². The van der Waals surface area contributed by atoms with Gasteiger partial charge in [0.1, 0.15) is 5.82 Å². The Labute approximate surface area is 128 Å². The van der Waals surface area contributed by atoms with Gasteiger partial charge in [-0.3, -0.25) is 0 Å². The van der Waals surface area contributed by atoms with E-state index < -0.39 is 0 Å². The lowest BCUT2D eigenvalue weighted by molar-refractivity contribution is 0.412. The van der Waals surface area contributed by atoms with Gasteiger partial charge in [-0.25, -0.2) is 4.98 Å². The molecule has 1 fully saturated rings. The molecule has 1 aliphatic rings. The molecule has 1 aromatic heterocycles. The standard InChI is InChI=1S/C16H20BrN3/c1-11(18)15-7-2-3-10-20(15)16-13-5-4-6-14(17)12(13)8-9-19-16/h4-6,8-9,11,15H,2-3,7,10,18H2,1H3. The summed E-state index contributed by atoms with van der Waals surface area (Å²) in [5, 5.41) is 2.42. The normalized spacial score (nSPS) is 21.1. The highest BCUT2D eigenvalue weighted by molar-refractivity contribution is 9.10. The molecular weight excluding hydrogens is 314 g/mol. The van der Waals surface area contributed by atoms with Crippen LogP contribution >= 0.6 is 15.9 Å². The smallest absolute Gasteiger partial charge is 0.136 e. The van der Waals surface area contributed by atoms with Crippen molar-refractivity contribution in [2.45, 2.75) is 38.3 Å². The first kappa shape index (κ1) is 13.8. The second-order valence-corrected chi connectivity index (χ2v) is 6.44. The van der Waals surface area contributed by atoms with Crippen LogP contribution < -0.4 is 10.6 Å². The van der Waals surface area contributed by atoms with Gasteiger partial charge in [0.2, 0.25) is 0 Å². The number of halogens is 1. The molecule has 0 aliphatic carbocycles. The number of fused-ring (bicyclic) bond motifs is 1. The predicted molar refractivity (Wildman–Crippen MR) is 88.1 cm³/mol. The molecule has 4 heteroatoms. The fourth-order valence-corrected chi connectivity index (χ4v) is 3.65. The van der Waals surface area contributed by atoms with Crippen molar-refractivity contribution in [1.29, 1.82) is 0 Å². The van der Waals surface area contributed by atoms with Crippen LogP contribution in [-0.4, -0.2) is 23.6 Å². The van der Waals surface area contributed by atoms with E-state index in [-0.39, 0.29) is 6.04 Å². The molecule has 20 heavy (non-hydrogen) atoms. The Balaban J connectivity index is 2.11. The van der Waals surface area contributed by atoms with Crippen LogP contribution in [0.25, 0.3) is 10.8 Å². The highest BCUT2D eigenvalue weighted by Crippen LogP contribution is 2.33. The first-order chi connectivity index (χ1) is 9.68. The van der Waals surface area contributed by atoms with Crippen LogP contribution in [0.5, 0.6) is 0 Å². The van der Waals surface area contributed by atoms with E-state index in [2.05, 4.69) is 57.0 Å². The van der Waals surface area contributed by atoms with Gasteiger partial charge in [-0.05, 0) is 38.3 Å². The minimum atomic E-state index is 0.166. The van der Waals surface area contributed by atoms with Crippen LogP contribution in [0.2, 0.25) is 0 Å². The maximum absolute atomic E-state index is 6.19. The van der Waals surface area contributed by atoms with E-state index >= 15 is 0 Å². The second kappa shape index (κ2) is 5.70. The van der Waals surface area contributed by atoms with Gasteiger partial charge in [-0.2, -0.15) is 0 Å².